The maximum atomic E-state index is 6.05. The van der Waals surface area contributed by atoms with Gasteiger partial charge >= 0.3 is 0 Å². The Bertz CT molecular complexity index is 394. The van der Waals surface area contributed by atoms with Gasteiger partial charge in [0.1, 0.15) is 0 Å². The maximum Gasteiger partial charge on any atom is 0.0408 e. The lowest BCUT2D eigenvalue weighted by Gasteiger charge is -2.17. The minimum Gasteiger partial charge on any atom is -0.398 e. The zero-order valence-corrected chi connectivity index (χ0v) is 12.0. The van der Waals surface area contributed by atoms with Crippen molar-refractivity contribution in [2.75, 3.05) is 11.1 Å². The SMILES string of the molecule is CC/C=C/c1ccc(NC(C)CC(C)C)cc1N. The molecule has 1 unspecified atom stereocenters. The quantitative estimate of drug-likeness (QED) is 0.723. The minimum absolute atomic E-state index is 0.474. The third-order valence-electron chi connectivity index (χ3n) is 2.86. The van der Waals surface area contributed by atoms with Crippen molar-refractivity contribution in [2.24, 2.45) is 5.92 Å². The van der Waals surface area contributed by atoms with E-state index in [9.17, 15) is 0 Å². The van der Waals surface area contributed by atoms with Crippen molar-refractivity contribution in [3.05, 3.63) is 29.8 Å². The van der Waals surface area contributed by atoms with Crippen LogP contribution in [0.5, 0.6) is 0 Å². The molecule has 18 heavy (non-hydrogen) atoms. The van der Waals surface area contributed by atoms with Gasteiger partial charge < -0.3 is 11.1 Å². The van der Waals surface area contributed by atoms with Crippen LogP contribution in [0, 0.1) is 5.92 Å². The molecule has 1 aromatic carbocycles. The monoisotopic (exact) mass is 246 g/mol. The van der Waals surface area contributed by atoms with Crippen LogP contribution in [0.4, 0.5) is 11.4 Å². The fraction of sp³-hybridized carbons (Fsp3) is 0.500. The Balaban J connectivity index is 2.69. The molecule has 0 amide bonds. The maximum absolute atomic E-state index is 6.05. The van der Waals surface area contributed by atoms with Crippen LogP contribution in [-0.2, 0) is 0 Å². The summed E-state index contributed by atoms with van der Waals surface area (Å²) in [6.07, 6.45) is 6.40. The van der Waals surface area contributed by atoms with E-state index in [-0.39, 0.29) is 0 Å². The fourth-order valence-electron chi connectivity index (χ4n) is 2.11. The molecule has 0 fully saturated rings. The lowest BCUT2D eigenvalue weighted by Crippen LogP contribution is -2.17. The lowest BCUT2D eigenvalue weighted by atomic mass is 10.0. The van der Waals surface area contributed by atoms with Gasteiger partial charge in [0.2, 0.25) is 0 Å². The summed E-state index contributed by atoms with van der Waals surface area (Å²) >= 11 is 0. The Morgan fingerprint density at radius 2 is 2.00 bits per heavy atom. The van der Waals surface area contributed by atoms with Crippen molar-refractivity contribution in [1.82, 2.24) is 0 Å². The number of hydrogen-bond acceptors (Lipinski definition) is 2. The third kappa shape index (κ3) is 4.82. The highest BCUT2D eigenvalue weighted by Crippen LogP contribution is 2.21. The van der Waals surface area contributed by atoms with E-state index in [1.165, 1.54) is 0 Å². The van der Waals surface area contributed by atoms with Gasteiger partial charge in [0.05, 0.1) is 0 Å². The summed E-state index contributed by atoms with van der Waals surface area (Å²) in [5.41, 5.74) is 9.08. The highest BCUT2D eigenvalue weighted by atomic mass is 14.9. The zero-order chi connectivity index (χ0) is 13.5. The standard InChI is InChI=1S/C16H26N2/c1-5-6-7-14-8-9-15(11-16(14)17)18-13(4)10-12(2)3/h6-9,11-13,18H,5,10,17H2,1-4H3/b7-6+. The van der Waals surface area contributed by atoms with Crippen molar-refractivity contribution >= 4 is 17.5 Å². The first-order valence-corrected chi connectivity index (χ1v) is 6.85. The van der Waals surface area contributed by atoms with Crippen LogP contribution >= 0.6 is 0 Å². The Labute approximate surface area is 111 Å². The van der Waals surface area contributed by atoms with Gasteiger partial charge in [-0.15, -0.1) is 0 Å². The van der Waals surface area contributed by atoms with E-state index >= 15 is 0 Å². The van der Waals surface area contributed by atoms with Gasteiger partial charge in [0, 0.05) is 17.4 Å². The number of anilines is 2. The van der Waals surface area contributed by atoms with Gasteiger partial charge in [-0.3, -0.25) is 0 Å². The molecule has 0 heterocycles. The molecule has 100 valence electrons. The van der Waals surface area contributed by atoms with E-state index < -0.39 is 0 Å². The van der Waals surface area contributed by atoms with Gasteiger partial charge in [-0.1, -0.05) is 39.0 Å². The van der Waals surface area contributed by atoms with E-state index in [1.807, 2.05) is 6.07 Å². The first-order chi connectivity index (χ1) is 8.52. The average Bonchev–Trinajstić information content (AvgIpc) is 2.26. The molecule has 2 heteroatoms. The highest BCUT2D eigenvalue weighted by Gasteiger charge is 2.05. The number of allylic oxidation sites excluding steroid dienone is 1. The van der Waals surface area contributed by atoms with E-state index in [0.29, 0.717) is 12.0 Å². The van der Waals surface area contributed by atoms with Gasteiger partial charge in [-0.05, 0) is 43.4 Å². The van der Waals surface area contributed by atoms with Crippen LogP contribution in [0.15, 0.2) is 24.3 Å². The molecule has 0 saturated heterocycles. The van der Waals surface area contributed by atoms with Crippen LogP contribution in [0.25, 0.3) is 6.08 Å². The topological polar surface area (TPSA) is 38.0 Å². The molecule has 0 saturated carbocycles. The van der Waals surface area contributed by atoms with Crippen LogP contribution in [0.1, 0.15) is 46.1 Å². The Morgan fingerprint density at radius 1 is 1.28 bits per heavy atom. The number of nitrogens with one attached hydrogen (secondary N) is 1. The van der Waals surface area contributed by atoms with Gasteiger partial charge in [-0.25, -0.2) is 0 Å². The number of rotatable bonds is 6. The summed E-state index contributed by atoms with van der Waals surface area (Å²) in [7, 11) is 0. The fourth-order valence-corrected chi connectivity index (χ4v) is 2.11. The molecule has 1 atom stereocenters. The molecule has 0 bridgehead atoms. The van der Waals surface area contributed by atoms with Crippen molar-refractivity contribution in [3.63, 3.8) is 0 Å². The summed E-state index contributed by atoms with van der Waals surface area (Å²) in [6, 6.07) is 6.67. The predicted octanol–water partition coefficient (Wildman–Crippen LogP) is 4.54. The Hall–Kier alpha value is -1.44. The first-order valence-electron chi connectivity index (χ1n) is 6.85. The molecule has 0 aliphatic heterocycles. The summed E-state index contributed by atoms with van der Waals surface area (Å²) < 4.78 is 0. The minimum atomic E-state index is 0.474. The normalized spacial score (nSPS) is 13.2. The second-order valence-corrected chi connectivity index (χ2v) is 5.33. The van der Waals surface area contributed by atoms with Gasteiger partial charge in [0.15, 0.2) is 0 Å². The zero-order valence-electron chi connectivity index (χ0n) is 12.0. The van der Waals surface area contributed by atoms with E-state index in [4.69, 9.17) is 5.73 Å². The van der Waals surface area contributed by atoms with Crippen molar-refractivity contribution < 1.29 is 0 Å². The molecule has 1 rings (SSSR count). The Kier molecular flexibility index (Phi) is 5.76. The molecule has 3 N–H and O–H groups in total. The summed E-state index contributed by atoms with van der Waals surface area (Å²) in [6.45, 7) is 8.81. The second kappa shape index (κ2) is 7.10. The summed E-state index contributed by atoms with van der Waals surface area (Å²) in [5, 5.41) is 3.49. The molecule has 1 aromatic rings. The largest absolute Gasteiger partial charge is 0.398 e. The number of nitrogens with two attached hydrogens (primary N) is 1. The molecule has 0 radical (unpaired) electrons. The van der Waals surface area contributed by atoms with Gasteiger partial charge in [-0.2, -0.15) is 0 Å². The number of benzene rings is 1. The summed E-state index contributed by atoms with van der Waals surface area (Å²) in [5.74, 6) is 0.705. The van der Waals surface area contributed by atoms with Crippen molar-refractivity contribution in [1.29, 1.82) is 0 Å². The third-order valence-corrected chi connectivity index (χ3v) is 2.86. The molecule has 0 aliphatic rings. The van der Waals surface area contributed by atoms with Crippen LogP contribution < -0.4 is 11.1 Å². The molecule has 0 aliphatic carbocycles. The van der Waals surface area contributed by atoms with Gasteiger partial charge in [0.25, 0.3) is 0 Å². The molecular formula is C16H26N2. The predicted molar refractivity (Wildman–Crippen MR) is 82.7 cm³/mol. The molecular weight excluding hydrogens is 220 g/mol. The van der Waals surface area contributed by atoms with E-state index in [1.54, 1.807) is 0 Å². The second-order valence-electron chi connectivity index (χ2n) is 5.33. The smallest absolute Gasteiger partial charge is 0.0408 e. The van der Waals surface area contributed by atoms with Crippen LogP contribution in [-0.4, -0.2) is 6.04 Å². The molecule has 2 nitrogen and oxygen atoms in total. The molecule has 0 spiro atoms. The first kappa shape index (κ1) is 14.6. The van der Waals surface area contributed by atoms with E-state index in [0.717, 1.165) is 29.8 Å². The summed E-state index contributed by atoms with van der Waals surface area (Å²) in [4.78, 5) is 0. The average molecular weight is 246 g/mol. The highest BCUT2D eigenvalue weighted by molar-refractivity contribution is 5.69. The number of nitrogen functional groups attached to an aromatic ring is 1. The van der Waals surface area contributed by atoms with Crippen molar-refractivity contribution in [3.8, 4) is 0 Å². The van der Waals surface area contributed by atoms with Crippen LogP contribution in [0.3, 0.4) is 0 Å². The Morgan fingerprint density at radius 3 is 2.56 bits per heavy atom. The molecule has 0 aromatic heterocycles. The van der Waals surface area contributed by atoms with E-state index in [2.05, 4.69) is 57.3 Å². The van der Waals surface area contributed by atoms with Crippen molar-refractivity contribution in [2.45, 2.75) is 46.6 Å². The lowest BCUT2D eigenvalue weighted by molar-refractivity contribution is 0.540. The number of hydrogen-bond donors (Lipinski definition) is 2. The van der Waals surface area contributed by atoms with Crippen LogP contribution in [0.2, 0.25) is 0 Å².